The van der Waals surface area contributed by atoms with Crippen molar-refractivity contribution < 1.29 is 9.53 Å². The first kappa shape index (κ1) is 12.0. The molecule has 0 aromatic heterocycles. The van der Waals surface area contributed by atoms with E-state index in [4.69, 9.17) is 4.74 Å². The topological polar surface area (TPSA) is 29.5 Å². The molecule has 2 rings (SSSR count). The van der Waals surface area contributed by atoms with Crippen LogP contribution in [0, 0.1) is 13.8 Å². The average Bonchev–Trinajstić information content (AvgIpc) is 2.84. The summed E-state index contributed by atoms with van der Waals surface area (Å²) >= 11 is 0. The van der Waals surface area contributed by atoms with E-state index in [1.54, 1.807) is 0 Å². The maximum absolute atomic E-state index is 11.8. The molecular formula is C14H19NO2. The SMILES string of the molecule is Cc1cccc(OCC(=O)N2CCCC2)c1C. The van der Waals surface area contributed by atoms with Gasteiger partial charge < -0.3 is 9.64 Å². The van der Waals surface area contributed by atoms with Gasteiger partial charge in [-0.2, -0.15) is 0 Å². The lowest BCUT2D eigenvalue weighted by Crippen LogP contribution is -2.32. The van der Waals surface area contributed by atoms with Crippen molar-refractivity contribution in [2.75, 3.05) is 19.7 Å². The molecule has 3 heteroatoms. The number of likely N-dealkylation sites (tertiary alicyclic amines) is 1. The third-order valence-corrected chi connectivity index (χ3v) is 3.36. The molecule has 0 unspecified atom stereocenters. The average molecular weight is 233 g/mol. The van der Waals surface area contributed by atoms with Crippen molar-refractivity contribution in [3.05, 3.63) is 29.3 Å². The molecule has 0 spiro atoms. The number of benzene rings is 1. The van der Waals surface area contributed by atoms with Crippen molar-refractivity contribution in [1.82, 2.24) is 4.90 Å². The summed E-state index contributed by atoms with van der Waals surface area (Å²) < 4.78 is 5.60. The monoisotopic (exact) mass is 233 g/mol. The zero-order valence-corrected chi connectivity index (χ0v) is 10.5. The molecule has 1 aromatic rings. The predicted octanol–water partition coefficient (Wildman–Crippen LogP) is 2.30. The molecule has 92 valence electrons. The van der Waals surface area contributed by atoms with Gasteiger partial charge in [0, 0.05) is 13.1 Å². The molecule has 0 bridgehead atoms. The smallest absolute Gasteiger partial charge is 0.260 e. The van der Waals surface area contributed by atoms with E-state index in [0.717, 1.165) is 37.2 Å². The van der Waals surface area contributed by atoms with Gasteiger partial charge >= 0.3 is 0 Å². The molecular weight excluding hydrogens is 214 g/mol. The Morgan fingerprint density at radius 1 is 1.29 bits per heavy atom. The second kappa shape index (κ2) is 5.21. The predicted molar refractivity (Wildman–Crippen MR) is 67.2 cm³/mol. The van der Waals surface area contributed by atoms with E-state index in [9.17, 15) is 4.79 Å². The normalized spacial score (nSPS) is 15.1. The Balaban J connectivity index is 1.93. The van der Waals surface area contributed by atoms with Crippen molar-refractivity contribution in [1.29, 1.82) is 0 Å². The molecule has 1 aliphatic rings. The zero-order chi connectivity index (χ0) is 12.3. The van der Waals surface area contributed by atoms with E-state index >= 15 is 0 Å². The molecule has 1 amide bonds. The molecule has 0 saturated carbocycles. The number of rotatable bonds is 3. The lowest BCUT2D eigenvalue weighted by Gasteiger charge is -2.16. The first-order chi connectivity index (χ1) is 8.18. The summed E-state index contributed by atoms with van der Waals surface area (Å²) in [5, 5.41) is 0. The third kappa shape index (κ3) is 2.78. The largest absolute Gasteiger partial charge is 0.483 e. The fourth-order valence-electron chi connectivity index (χ4n) is 2.08. The van der Waals surface area contributed by atoms with Gasteiger partial charge in [0.2, 0.25) is 0 Å². The Morgan fingerprint density at radius 2 is 2.00 bits per heavy atom. The van der Waals surface area contributed by atoms with Gasteiger partial charge in [-0.1, -0.05) is 12.1 Å². The summed E-state index contributed by atoms with van der Waals surface area (Å²) in [5.74, 6) is 0.918. The molecule has 1 heterocycles. The van der Waals surface area contributed by atoms with Crippen molar-refractivity contribution in [3.8, 4) is 5.75 Å². The lowest BCUT2D eigenvalue weighted by molar-refractivity contribution is -0.132. The number of amides is 1. The maximum atomic E-state index is 11.8. The third-order valence-electron chi connectivity index (χ3n) is 3.36. The number of aryl methyl sites for hydroxylation is 1. The highest BCUT2D eigenvalue weighted by atomic mass is 16.5. The molecule has 17 heavy (non-hydrogen) atoms. The summed E-state index contributed by atoms with van der Waals surface area (Å²) in [4.78, 5) is 13.7. The van der Waals surface area contributed by atoms with Crippen molar-refractivity contribution in [3.63, 3.8) is 0 Å². The summed E-state index contributed by atoms with van der Waals surface area (Å²) in [6, 6.07) is 5.92. The van der Waals surface area contributed by atoms with Gasteiger partial charge in [-0.15, -0.1) is 0 Å². The minimum Gasteiger partial charge on any atom is -0.483 e. The minimum absolute atomic E-state index is 0.100. The van der Waals surface area contributed by atoms with Crippen LogP contribution < -0.4 is 4.74 Å². The fraction of sp³-hybridized carbons (Fsp3) is 0.500. The Bertz CT molecular complexity index is 409. The van der Waals surface area contributed by atoms with Crippen LogP contribution in [-0.4, -0.2) is 30.5 Å². The quantitative estimate of drug-likeness (QED) is 0.801. The summed E-state index contributed by atoms with van der Waals surface area (Å²) in [7, 11) is 0. The molecule has 1 aliphatic heterocycles. The number of carbonyl (C=O) groups excluding carboxylic acids is 1. The molecule has 3 nitrogen and oxygen atoms in total. The molecule has 1 aromatic carbocycles. The highest BCUT2D eigenvalue weighted by molar-refractivity contribution is 5.78. The van der Waals surface area contributed by atoms with Crippen molar-refractivity contribution >= 4 is 5.91 Å². The van der Waals surface area contributed by atoms with Gasteiger partial charge in [0.25, 0.3) is 5.91 Å². The van der Waals surface area contributed by atoms with E-state index in [0.29, 0.717) is 0 Å². The summed E-state index contributed by atoms with van der Waals surface area (Å²) in [6.07, 6.45) is 2.24. The van der Waals surface area contributed by atoms with Crippen LogP contribution in [0.4, 0.5) is 0 Å². The number of hydrogen-bond acceptors (Lipinski definition) is 2. The van der Waals surface area contributed by atoms with Crippen LogP contribution in [0.5, 0.6) is 5.75 Å². The second-order valence-corrected chi connectivity index (χ2v) is 4.57. The first-order valence-electron chi connectivity index (χ1n) is 6.15. The van der Waals surface area contributed by atoms with E-state index in [1.807, 2.05) is 36.9 Å². The van der Waals surface area contributed by atoms with E-state index in [2.05, 4.69) is 0 Å². The van der Waals surface area contributed by atoms with Gasteiger partial charge in [-0.25, -0.2) is 0 Å². The maximum Gasteiger partial charge on any atom is 0.260 e. The summed E-state index contributed by atoms with van der Waals surface area (Å²) in [5.41, 5.74) is 2.30. The highest BCUT2D eigenvalue weighted by Crippen LogP contribution is 2.20. The van der Waals surface area contributed by atoms with Crippen LogP contribution in [0.15, 0.2) is 18.2 Å². The van der Waals surface area contributed by atoms with Crippen molar-refractivity contribution in [2.45, 2.75) is 26.7 Å². The molecule has 0 aliphatic carbocycles. The second-order valence-electron chi connectivity index (χ2n) is 4.57. The van der Waals surface area contributed by atoms with Crippen LogP contribution in [0.1, 0.15) is 24.0 Å². The molecule has 0 N–H and O–H groups in total. The van der Waals surface area contributed by atoms with Crippen LogP contribution in [0.2, 0.25) is 0 Å². The number of hydrogen-bond donors (Lipinski definition) is 0. The number of ether oxygens (including phenoxy) is 1. The summed E-state index contributed by atoms with van der Waals surface area (Å²) in [6.45, 7) is 5.99. The highest BCUT2D eigenvalue weighted by Gasteiger charge is 2.18. The van der Waals surface area contributed by atoms with Gasteiger partial charge in [0.15, 0.2) is 6.61 Å². The fourth-order valence-corrected chi connectivity index (χ4v) is 2.08. The molecule has 1 fully saturated rings. The Kier molecular flexibility index (Phi) is 3.67. The zero-order valence-electron chi connectivity index (χ0n) is 10.5. The van der Waals surface area contributed by atoms with E-state index < -0.39 is 0 Å². The lowest BCUT2D eigenvalue weighted by atomic mass is 10.1. The van der Waals surface area contributed by atoms with Crippen LogP contribution in [0.3, 0.4) is 0 Å². The van der Waals surface area contributed by atoms with E-state index in [-0.39, 0.29) is 12.5 Å². The van der Waals surface area contributed by atoms with Crippen LogP contribution in [0.25, 0.3) is 0 Å². The van der Waals surface area contributed by atoms with Gasteiger partial charge in [0.1, 0.15) is 5.75 Å². The van der Waals surface area contributed by atoms with E-state index in [1.165, 1.54) is 5.56 Å². The molecule has 0 radical (unpaired) electrons. The minimum atomic E-state index is 0.100. The Morgan fingerprint density at radius 3 is 2.71 bits per heavy atom. The van der Waals surface area contributed by atoms with Crippen LogP contribution in [-0.2, 0) is 4.79 Å². The van der Waals surface area contributed by atoms with Gasteiger partial charge in [-0.05, 0) is 43.9 Å². The van der Waals surface area contributed by atoms with Gasteiger partial charge in [0.05, 0.1) is 0 Å². The Hall–Kier alpha value is -1.51. The van der Waals surface area contributed by atoms with Crippen LogP contribution >= 0.6 is 0 Å². The molecule has 1 saturated heterocycles. The number of carbonyl (C=O) groups is 1. The van der Waals surface area contributed by atoms with Gasteiger partial charge in [-0.3, -0.25) is 4.79 Å². The van der Waals surface area contributed by atoms with Crippen molar-refractivity contribution in [2.24, 2.45) is 0 Å². The Labute approximate surface area is 102 Å². The standard InChI is InChI=1S/C14H19NO2/c1-11-6-5-7-13(12(11)2)17-10-14(16)15-8-3-4-9-15/h5-7H,3-4,8-10H2,1-2H3. The molecule has 0 atom stereocenters. The first-order valence-corrected chi connectivity index (χ1v) is 6.15. The number of nitrogens with zero attached hydrogens (tertiary/aromatic N) is 1.